The van der Waals surface area contributed by atoms with Crippen molar-refractivity contribution >= 4 is 11.9 Å². The van der Waals surface area contributed by atoms with E-state index < -0.39 is 18.0 Å². The Hall–Kier alpha value is -1.10. The van der Waals surface area contributed by atoms with E-state index in [1.54, 1.807) is 11.8 Å². The van der Waals surface area contributed by atoms with E-state index in [2.05, 4.69) is 0 Å². The molecule has 0 aliphatic carbocycles. The van der Waals surface area contributed by atoms with Crippen molar-refractivity contribution in [3.63, 3.8) is 0 Å². The van der Waals surface area contributed by atoms with Crippen molar-refractivity contribution in [2.45, 2.75) is 32.8 Å². The number of nitrogens with zero attached hydrogens (tertiary/aromatic N) is 1. The minimum atomic E-state index is -0.818. The first-order valence-electron chi connectivity index (χ1n) is 5.69. The van der Waals surface area contributed by atoms with E-state index in [0.717, 1.165) is 6.42 Å². The van der Waals surface area contributed by atoms with Gasteiger partial charge < -0.3 is 14.7 Å². The number of rotatable bonds is 4. The summed E-state index contributed by atoms with van der Waals surface area (Å²) < 4.78 is 5.21. The second kappa shape index (κ2) is 5.84. The van der Waals surface area contributed by atoms with Crippen LogP contribution in [0.5, 0.6) is 0 Å². The molecule has 1 N–H and O–H groups in total. The van der Waals surface area contributed by atoms with Crippen LogP contribution in [0, 0.1) is 5.92 Å². The van der Waals surface area contributed by atoms with Crippen LogP contribution in [0.15, 0.2) is 0 Å². The number of hydrogen-bond donors (Lipinski definition) is 1. The first-order valence-corrected chi connectivity index (χ1v) is 5.69. The van der Waals surface area contributed by atoms with Gasteiger partial charge in [0.1, 0.15) is 6.10 Å². The lowest BCUT2D eigenvalue weighted by molar-refractivity contribution is -0.149. The minimum absolute atomic E-state index is 0.104. The van der Waals surface area contributed by atoms with Crippen molar-refractivity contribution in [2.24, 2.45) is 5.92 Å². The summed E-state index contributed by atoms with van der Waals surface area (Å²) in [6, 6.07) is 0. The van der Waals surface area contributed by atoms with Crippen molar-refractivity contribution in [3.8, 4) is 0 Å². The molecule has 1 aliphatic rings. The first kappa shape index (κ1) is 13.0. The maximum absolute atomic E-state index is 11.9. The molecular formula is C11H19NO4. The van der Waals surface area contributed by atoms with Crippen molar-refractivity contribution in [2.75, 3.05) is 19.7 Å². The predicted octanol–water partition coefficient (Wildman–Crippen LogP) is 0.735. The highest BCUT2D eigenvalue weighted by atomic mass is 16.5. The van der Waals surface area contributed by atoms with E-state index in [0.29, 0.717) is 26.1 Å². The van der Waals surface area contributed by atoms with E-state index in [1.165, 1.54) is 0 Å². The van der Waals surface area contributed by atoms with E-state index in [-0.39, 0.29) is 5.91 Å². The Labute approximate surface area is 95.4 Å². The SMILES string of the molecule is CCOC(C)C(=O)N1CCC[C@H](C(=O)O)C1. The first-order chi connectivity index (χ1) is 7.56. The molecule has 0 radical (unpaired) electrons. The van der Waals surface area contributed by atoms with Gasteiger partial charge in [-0.15, -0.1) is 0 Å². The molecule has 0 spiro atoms. The molecule has 1 amide bonds. The van der Waals surface area contributed by atoms with Crippen LogP contribution in [0.3, 0.4) is 0 Å². The number of likely N-dealkylation sites (tertiary alicyclic amines) is 1. The molecule has 0 saturated carbocycles. The Kier molecular flexibility index (Phi) is 4.73. The van der Waals surface area contributed by atoms with Crippen LogP contribution in [-0.4, -0.2) is 47.7 Å². The highest BCUT2D eigenvalue weighted by molar-refractivity contribution is 5.81. The number of amides is 1. The lowest BCUT2D eigenvalue weighted by Crippen LogP contribution is -2.46. The van der Waals surface area contributed by atoms with Gasteiger partial charge in [0.2, 0.25) is 0 Å². The second-order valence-electron chi connectivity index (χ2n) is 4.06. The fourth-order valence-corrected chi connectivity index (χ4v) is 1.96. The van der Waals surface area contributed by atoms with Gasteiger partial charge in [-0.2, -0.15) is 0 Å². The number of hydrogen-bond acceptors (Lipinski definition) is 3. The molecule has 2 atom stereocenters. The van der Waals surface area contributed by atoms with Crippen LogP contribution in [0.1, 0.15) is 26.7 Å². The predicted molar refractivity (Wildman–Crippen MR) is 58.0 cm³/mol. The minimum Gasteiger partial charge on any atom is -0.481 e. The molecule has 1 fully saturated rings. The van der Waals surface area contributed by atoms with Gasteiger partial charge in [0, 0.05) is 19.7 Å². The second-order valence-corrected chi connectivity index (χ2v) is 4.06. The number of piperidine rings is 1. The molecule has 0 aromatic carbocycles. The van der Waals surface area contributed by atoms with Gasteiger partial charge in [-0.05, 0) is 26.7 Å². The van der Waals surface area contributed by atoms with Gasteiger partial charge in [-0.1, -0.05) is 0 Å². The van der Waals surface area contributed by atoms with E-state index in [9.17, 15) is 9.59 Å². The van der Waals surface area contributed by atoms with E-state index in [1.807, 2.05) is 6.92 Å². The largest absolute Gasteiger partial charge is 0.481 e. The molecule has 1 unspecified atom stereocenters. The number of carboxylic acids is 1. The molecule has 1 aliphatic heterocycles. The number of carbonyl (C=O) groups is 2. The molecule has 0 bridgehead atoms. The average Bonchev–Trinajstić information content (AvgIpc) is 2.28. The lowest BCUT2D eigenvalue weighted by Gasteiger charge is -2.32. The summed E-state index contributed by atoms with van der Waals surface area (Å²) in [5, 5.41) is 8.91. The zero-order chi connectivity index (χ0) is 12.1. The Morgan fingerprint density at radius 1 is 1.56 bits per heavy atom. The maximum atomic E-state index is 11.9. The summed E-state index contributed by atoms with van der Waals surface area (Å²) >= 11 is 0. The van der Waals surface area contributed by atoms with Crippen LogP contribution in [0.2, 0.25) is 0 Å². The van der Waals surface area contributed by atoms with Crippen LogP contribution >= 0.6 is 0 Å². The van der Waals surface area contributed by atoms with Gasteiger partial charge in [-0.3, -0.25) is 9.59 Å². The van der Waals surface area contributed by atoms with Crippen molar-refractivity contribution in [3.05, 3.63) is 0 Å². The van der Waals surface area contributed by atoms with Gasteiger partial charge in [0.05, 0.1) is 5.92 Å². The smallest absolute Gasteiger partial charge is 0.308 e. The van der Waals surface area contributed by atoms with Crippen molar-refractivity contribution in [1.82, 2.24) is 4.90 Å². The average molecular weight is 229 g/mol. The third kappa shape index (κ3) is 3.20. The summed E-state index contributed by atoms with van der Waals surface area (Å²) in [7, 11) is 0. The molecule has 0 aromatic rings. The number of aliphatic carboxylic acids is 1. The number of ether oxygens (including phenoxy) is 1. The fraction of sp³-hybridized carbons (Fsp3) is 0.818. The molecule has 5 heteroatoms. The Balaban J connectivity index is 2.53. The van der Waals surface area contributed by atoms with E-state index >= 15 is 0 Å². The summed E-state index contributed by atoms with van der Waals surface area (Å²) in [6.07, 6.45) is 0.932. The van der Waals surface area contributed by atoms with Crippen molar-refractivity contribution in [1.29, 1.82) is 0 Å². The van der Waals surface area contributed by atoms with Gasteiger partial charge in [0.15, 0.2) is 0 Å². The number of carbonyl (C=O) groups excluding carboxylic acids is 1. The molecule has 92 valence electrons. The summed E-state index contributed by atoms with van der Waals surface area (Å²) in [5.74, 6) is -1.35. The van der Waals surface area contributed by atoms with Crippen LogP contribution < -0.4 is 0 Å². The van der Waals surface area contributed by atoms with Crippen LogP contribution in [0.25, 0.3) is 0 Å². The summed E-state index contributed by atoms with van der Waals surface area (Å²) in [6.45, 7) is 4.98. The van der Waals surface area contributed by atoms with Crippen LogP contribution in [0.4, 0.5) is 0 Å². The molecular weight excluding hydrogens is 210 g/mol. The Morgan fingerprint density at radius 3 is 2.81 bits per heavy atom. The molecule has 1 heterocycles. The van der Waals surface area contributed by atoms with Gasteiger partial charge in [-0.25, -0.2) is 0 Å². The summed E-state index contributed by atoms with van der Waals surface area (Å²) in [4.78, 5) is 24.3. The highest BCUT2D eigenvalue weighted by Gasteiger charge is 2.30. The monoisotopic (exact) mass is 229 g/mol. The zero-order valence-electron chi connectivity index (χ0n) is 9.81. The third-order valence-corrected chi connectivity index (χ3v) is 2.85. The normalized spacial score (nSPS) is 22.9. The fourth-order valence-electron chi connectivity index (χ4n) is 1.96. The van der Waals surface area contributed by atoms with Gasteiger partial charge in [0.25, 0.3) is 5.91 Å². The molecule has 5 nitrogen and oxygen atoms in total. The standard InChI is InChI=1S/C11H19NO4/c1-3-16-8(2)10(13)12-6-4-5-9(7-12)11(14)15/h8-9H,3-7H2,1-2H3,(H,14,15)/t8?,9-/m0/s1. The quantitative estimate of drug-likeness (QED) is 0.772. The molecule has 0 aromatic heterocycles. The zero-order valence-corrected chi connectivity index (χ0v) is 9.81. The topological polar surface area (TPSA) is 66.8 Å². The van der Waals surface area contributed by atoms with Gasteiger partial charge >= 0.3 is 5.97 Å². The highest BCUT2D eigenvalue weighted by Crippen LogP contribution is 2.17. The third-order valence-electron chi connectivity index (χ3n) is 2.85. The maximum Gasteiger partial charge on any atom is 0.308 e. The van der Waals surface area contributed by atoms with Crippen LogP contribution in [-0.2, 0) is 14.3 Å². The lowest BCUT2D eigenvalue weighted by atomic mass is 9.98. The number of carboxylic acid groups (broad SMARTS) is 1. The molecule has 1 saturated heterocycles. The van der Waals surface area contributed by atoms with E-state index in [4.69, 9.17) is 9.84 Å². The molecule has 1 rings (SSSR count). The Bertz CT molecular complexity index is 267. The summed E-state index contributed by atoms with van der Waals surface area (Å²) in [5.41, 5.74) is 0. The molecule has 16 heavy (non-hydrogen) atoms. The van der Waals surface area contributed by atoms with Crippen molar-refractivity contribution < 1.29 is 19.4 Å². The Morgan fingerprint density at radius 2 is 2.25 bits per heavy atom.